The number of aryl methyl sites for hydroxylation is 1. The highest BCUT2D eigenvalue weighted by Crippen LogP contribution is 2.13. The number of benzene rings is 1. The molecular weight excluding hydrogens is 258 g/mol. The van der Waals surface area contributed by atoms with Gasteiger partial charge in [0.15, 0.2) is 0 Å². The molecule has 0 heterocycles. The van der Waals surface area contributed by atoms with Crippen molar-refractivity contribution in [3.63, 3.8) is 0 Å². The van der Waals surface area contributed by atoms with Crippen molar-refractivity contribution in [1.29, 1.82) is 0 Å². The van der Waals surface area contributed by atoms with E-state index >= 15 is 0 Å². The third kappa shape index (κ3) is 6.04. The van der Waals surface area contributed by atoms with E-state index < -0.39 is 0 Å². The van der Waals surface area contributed by atoms with Crippen LogP contribution in [0.1, 0.15) is 18.4 Å². The maximum atomic E-state index is 11.9. The number of ether oxygens (including phenoxy) is 2. The number of rotatable bonds is 9. The number of aliphatic hydroxyl groups excluding tert-OH is 1. The van der Waals surface area contributed by atoms with E-state index in [1.807, 2.05) is 24.3 Å². The van der Waals surface area contributed by atoms with Gasteiger partial charge in [-0.3, -0.25) is 4.79 Å². The van der Waals surface area contributed by atoms with Crippen molar-refractivity contribution in [1.82, 2.24) is 5.32 Å². The lowest BCUT2D eigenvalue weighted by molar-refractivity contribution is -0.122. The van der Waals surface area contributed by atoms with Crippen molar-refractivity contribution >= 4 is 5.91 Å². The summed E-state index contributed by atoms with van der Waals surface area (Å²) >= 11 is 0. The van der Waals surface area contributed by atoms with Crippen LogP contribution < -0.4 is 10.1 Å². The van der Waals surface area contributed by atoms with E-state index in [1.165, 1.54) is 0 Å². The first-order valence-electron chi connectivity index (χ1n) is 6.71. The van der Waals surface area contributed by atoms with Crippen LogP contribution in [0.4, 0.5) is 0 Å². The summed E-state index contributed by atoms with van der Waals surface area (Å²) in [5, 5.41) is 11.8. The lowest BCUT2D eigenvalue weighted by atomic mass is 10.1. The summed E-state index contributed by atoms with van der Waals surface area (Å²) in [5.74, 6) is 0.753. The Morgan fingerprint density at radius 1 is 1.40 bits per heavy atom. The molecule has 1 aromatic rings. The minimum atomic E-state index is -0.136. The Bertz CT molecular complexity index is 403. The summed E-state index contributed by atoms with van der Waals surface area (Å²) in [4.78, 5) is 11.9. The number of hydrogen-bond acceptors (Lipinski definition) is 4. The Balaban J connectivity index is 2.41. The molecule has 112 valence electrons. The highest BCUT2D eigenvalue weighted by molar-refractivity contribution is 5.76. The van der Waals surface area contributed by atoms with Crippen molar-refractivity contribution in [2.45, 2.75) is 25.3 Å². The van der Waals surface area contributed by atoms with Crippen LogP contribution in [0.5, 0.6) is 5.75 Å². The Morgan fingerprint density at radius 3 is 2.85 bits per heavy atom. The number of hydrogen-bond donors (Lipinski definition) is 2. The first kappa shape index (κ1) is 16.5. The largest absolute Gasteiger partial charge is 0.497 e. The number of aliphatic hydroxyl groups is 1. The molecule has 1 atom stereocenters. The molecule has 0 radical (unpaired) electrons. The molecule has 0 bridgehead atoms. The average Bonchev–Trinajstić information content (AvgIpc) is 2.46. The fraction of sp³-hybridized carbons (Fsp3) is 0.533. The van der Waals surface area contributed by atoms with Crippen molar-refractivity contribution < 1.29 is 19.4 Å². The molecule has 0 aliphatic heterocycles. The third-order valence-corrected chi connectivity index (χ3v) is 2.99. The third-order valence-electron chi connectivity index (χ3n) is 2.99. The van der Waals surface area contributed by atoms with E-state index in [1.54, 1.807) is 14.2 Å². The van der Waals surface area contributed by atoms with Gasteiger partial charge in [-0.1, -0.05) is 12.1 Å². The molecule has 2 N–H and O–H groups in total. The Morgan fingerprint density at radius 2 is 2.20 bits per heavy atom. The van der Waals surface area contributed by atoms with Gasteiger partial charge < -0.3 is 19.9 Å². The molecule has 0 saturated heterocycles. The van der Waals surface area contributed by atoms with Crippen molar-refractivity contribution in [2.75, 3.05) is 27.4 Å². The molecule has 1 unspecified atom stereocenters. The zero-order valence-electron chi connectivity index (χ0n) is 12.1. The maximum absolute atomic E-state index is 11.9. The van der Waals surface area contributed by atoms with Crippen molar-refractivity contribution in [3.8, 4) is 5.75 Å². The number of nitrogens with one attached hydrogen (secondary N) is 1. The highest BCUT2D eigenvalue weighted by atomic mass is 16.5. The van der Waals surface area contributed by atoms with Crippen LogP contribution in [0, 0.1) is 0 Å². The molecule has 1 rings (SSSR count). The number of methoxy groups -OCH3 is 2. The summed E-state index contributed by atoms with van der Waals surface area (Å²) < 4.78 is 10.2. The second-order valence-corrected chi connectivity index (χ2v) is 4.58. The smallest absolute Gasteiger partial charge is 0.220 e. The number of amides is 1. The molecule has 5 nitrogen and oxygen atoms in total. The summed E-state index contributed by atoms with van der Waals surface area (Å²) in [5.41, 5.74) is 1.06. The van der Waals surface area contributed by atoms with Gasteiger partial charge in [0, 0.05) is 20.1 Å². The van der Waals surface area contributed by atoms with Crippen LogP contribution >= 0.6 is 0 Å². The fourth-order valence-electron chi connectivity index (χ4n) is 1.94. The van der Waals surface area contributed by atoms with Crippen LogP contribution in [0.25, 0.3) is 0 Å². The molecule has 20 heavy (non-hydrogen) atoms. The van der Waals surface area contributed by atoms with Crippen molar-refractivity contribution in [3.05, 3.63) is 29.8 Å². The van der Waals surface area contributed by atoms with E-state index in [4.69, 9.17) is 14.6 Å². The van der Waals surface area contributed by atoms with Gasteiger partial charge in [0.25, 0.3) is 0 Å². The van der Waals surface area contributed by atoms with Gasteiger partial charge in [0.05, 0.1) is 19.8 Å². The summed E-state index contributed by atoms with van der Waals surface area (Å²) in [6.07, 6.45) is 1.55. The van der Waals surface area contributed by atoms with Crippen LogP contribution in [-0.2, 0) is 16.0 Å². The minimum Gasteiger partial charge on any atom is -0.497 e. The van der Waals surface area contributed by atoms with Crippen LogP contribution in [0.2, 0.25) is 0 Å². The topological polar surface area (TPSA) is 67.8 Å². The zero-order chi connectivity index (χ0) is 14.8. The van der Waals surface area contributed by atoms with Gasteiger partial charge >= 0.3 is 0 Å². The van der Waals surface area contributed by atoms with Gasteiger partial charge in [-0.05, 0) is 30.5 Å². The highest BCUT2D eigenvalue weighted by Gasteiger charge is 2.11. The second-order valence-electron chi connectivity index (χ2n) is 4.58. The summed E-state index contributed by atoms with van der Waals surface area (Å²) in [7, 11) is 3.20. The lowest BCUT2D eigenvalue weighted by Crippen LogP contribution is -2.38. The normalized spacial score (nSPS) is 11.9. The molecule has 0 saturated carbocycles. The van der Waals surface area contributed by atoms with E-state index in [-0.39, 0.29) is 18.6 Å². The predicted molar refractivity (Wildman–Crippen MR) is 76.8 cm³/mol. The SMILES string of the molecule is COCC(CCO)NC(=O)CCc1cccc(OC)c1. The maximum Gasteiger partial charge on any atom is 0.220 e. The molecule has 0 aromatic heterocycles. The van der Waals surface area contributed by atoms with Crippen LogP contribution in [0.3, 0.4) is 0 Å². The monoisotopic (exact) mass is 281 g/mol. The van der Waals surface area contributed by atoms with Gasteiger partial charge in [0.2, 0.25) is 5.91 Å². The van der Waals surface area contributed by atoms with Gasteiger partial charge in [-0.2, -0.15) is 0 Å². The predicted octanol–water partition coefficient (Wildman–Crippen LogP) is 1.14. The molecule has 0 aliphatic rings. The fourth-order valence-corrected chi connectivity index (χ4v) is 1.94. The van der Waals surface area contributed by atoms with Gasteiger partial charge in [-0.25, -0.2) is 0 Å². The van der Waals surface area contributed by atoms with E-state index in [0.717, 1.165) is 11.3 Å². The first-order chi connectivity index (χ1) is 9.69. The first-order valence-corrected chi connectivity index (χ1v) is 6.71. The second kappa shape index (κ2) is 9.34. The quantitative estimate of drug-likeness (QED) is 0.712. The van der Waals surface area contributed by atoms with Gasteiger partial charge in [-0.15, -0.1) is 0 Å². The molecule has 0 fully saturated rings. The van der Waals surface area contributed by atoms with E-state index in [9.17, 15) is 4.79 Å². The molecular formula is C15H23NO4. The van der Waals surface area contributed by atoms with Crippen LogP contribution in [0.15, 0.2) is 24.3 Å². The molecule has 1 amide bonds. The Kier molecular flexibility index (Phi) is 7.69. The van der Waals surface area contributed by atoms with Crippen LogP contribution in [-0.4, -0.2) is 44.5 Å². The van der Waals surface area contributed by atoms with E-state index in [0.29, 0.717) is 25.9 Å². The average molecular weight is 281 g/mol. The standard InChI is InChI=1S/C15H23NO4/c1-19-11-13(8-9-17)16-15(18)7-6-12-4-3-5-14(10-12)20-2/h3-5,10,13,17H,6-9,11H2,1-2H3,(H,16,18). The molecule has 0 aliphatic carbocycles. The number of carbonyl (C=O) groups excluding carboxylic acids is 1. The summed E-state index contributed by atoms with van der Waals surface area (Å²) in [6.45, 7) is 0.440. The molecule has 1 aromatic carbocycles. The lowest BCUT2D eigenvalue weighted by Gasteiger charge is -2.16. The van der Waals surface area contributed by atoms with Crippen molar-refractivity contribution in [2.24, 2.45) is 0 Å². The minimum absolute atomic E-state index is 0.0319. The number of carbonyl (C=O) groups is 1. The van der Waals surface area contributed by atoms with E-state index in [2.05, 4.69) is 5.32 Å². The Labute approximate surface area is 119 Å². The van der Waals surface area contributed by atoms with Gasteiger partial charge in [0.1, 0.15) is 5.75 Å². The summed E-state index contributed by atoms with van der Waals surface area (Å²) in [6, 6.07) is 7.54. The zero-order valence-corrected chi connectivity index (χ0v) is 12.1. The molecule has 5 heteroatoms. The molecule has 0 spiro atoms. The Hall–Kier alpha value is -1.59.